The maximum absolute atomic E-state index is 13.4. The molecular formula is C20H23FN4O2. The molecule has 2 aliphatic rings. The minimum atomic E-state index is -0.316. The summed E-state index contributed by atoms with van der Waals surface area (Å²) in [5, 5.41) is 7.35. The Morgan fingerprint density at radius 2 is 2.00 bits per heavy atom. The molecule has 142 valence electrons. The van der Waals surface area contributed by atoms with E-state index in [4.69, 9.17) is 0 Å². The molecule has 6 nitrogen and oxygen atoms in total. The Bertz CT molecular complexity index is 857. The maximum Gasteiger partial charge on any atom is 0.272 e. The lowest BCUT2D eigenvalue weighted by Gasteiger charge is -2.27. The number of rotatable bonds is 4. The van der Waals surface area contributed by atoms with Gasteiger partial charge in [-0.3, -0.25) is 14.3 Å². The van der Waals surface area contributed by atoms with Gasteiger partial charge < -0.3 is 10.2 Å². The number of aromatic nitrogens is 2. The van der Waals surface area contributed by atoms with E-state index in [1.807, 2.05) is 0 Å². The third-order valence-electron chi connectivity index (χ3n) is 5.30. The lowest BCUT2D eigenvalue weighted by atomic mass is 9.95. The zero-order valence-corrected chi connectivity index (χ0v) is 15.2. The molecule has 7 heteroatoms. The van der Waals surface area contributed by atoms with Gasteiger partial charge in [0.15, 0.2) is 5.69 Å². The van der Waals surface area contributed by atoms with E-state index in [2.05, 4.69) is 10.4 Å². The zero-order chi connectivity index (χ0) is 18.8. The lowest BCUT2D eigenvalue weighted by molar-refractivity contribution is 0.0682. The van der Waals surface area contributed by atoms with Crippen LogP contribution in [0.3, 0.4) is 0 Å². The number of carbonyl (C=O) groups is 2. The number of benzene rings is 1. The summed E-state index contributed by atoms with van der Waals surface area (Å²) >= 11 is 0. The highest BCUT2D eigenvalue weighted by Crippen LogP contribution is 2.19. The van der Waals surface area contributed by atoms with Crippen molar-refractivity contribution in [3.05, 3.63) is 53.1 Å². The lowest BCUT2D eigenvalue weighted by Crippen LogP contribution is -2.39. The Morgan fingerprint density at radius 3 is 2.78 bits per heavy atom. The van der Waals surface area contributed by atoms with Crippen LogP contribution in [0, 0.1) is 5.82 Å². The van der Waals surface area contributed by atoms with Crippen molar-refractivity contribution in [2.45, 2.75) is 51.2 Å². The fourth-order valence-electron chi connectivity index (χ4n) is 3.86. The molecule has 0 unspecified atom stereocenters. The van der Waals surface area contributed by atoms with Gasteiger partial charge in [0.1, 0.15) is 11.5 Å². The molecule has 1 aliphatic heterocycles. The normalized spacial score (nSPS) is 17.7. The topological polar surface area (TPSA) is 67.2 Å². The third-order valence-corrected chi connectivity index (χ3v) is 5.30. The molecule has 0 atom stereocenters. The van der Waals surface area contributed by atoms with Crippen LogP contribution in [0.15, 0.2) is 30.3 Å². The van der Waals surface area contributed by atoms with Crippen LogP contribution in [-0.2, 0) is 13.1 Å². The van der Waals surface area contributed by atoms with Gasteiger partial charge >= 0.3 is 0 Å². The zero-order valence-electron chi connectivity index (χ0n) is 15.2. The Balaban J connectivity index is 1.45. The van der Waals surface area contributed by atoms with Crippen molar-refractivity contribution in [3.63, 3.8) is 0 Å². The van der Waals surface area contributed by atoms with E-state index in [-0.39, 0.29) is 29.4 Å². The minimum absolute atomic E-state index is 0.185. The quantitative estimate of drug-likeness (QED) is 0.900. The molecule has 0 spiro atoms. The molecule has 27 heavy (non-hydrogen) atoms. The van der Waals surface area contributed by atoms with Crippen LogP contribution in [0.1, 0.15) is 58.6 Å². The average molecular weight is 370 g/mol. The van der Waals surface area contributed by atoms with Crippen LogP contribution in [-0.4, -0.2) is 39.1 Å². The Morgan fingerprint density at radius 1 is 1.19 bits per heavy atom. The first-order valence-electron chi connectivity index (χ1n) is 9.52. The fourth-order valence-corrected chi connectivity index (χ4v) is 3.86. The molecule has 2 heterocycles. The van der Waals surface area contributed by atoms with Crippen molar-refractivity contribution in [2.75, 3.05) is 6.54 Å². The standard InChI is InChI=1S/C20H23FN4O2/c21-15-6-4-5-14(11-15)13-24-9-10-25-18(20(24)27)12-17(23-25)19(26)22-16-7-2-1-3-8-16/h4-6,11-12,16H,1-3,7-10,13H2,(H,22,26). The van der Waals surface area contributed by atoms with Crippen molar-refractivity contribution in [3.8, 4) is 0 Å². The molecule has 4 rings (SSSR count). The molecule has 1 N–H and O–H groups in total. The SMILES string of the molecule is O=C(NC1CCCCC1)c1cc2n(n1)CCN(Cc1cccc(F)c1)C2=O. The van der Waals surface area contributed by atoms with E-state index in [9.17, 15) is 14.0 Å². The summed E-state index contributed by atoms with van der Waals surface area (Å²) in [5.74, 6) is -0.716. The largest absolute Gasteiger partial charge is 0.348 e. The van der Waals surface area contributed by atoms with Gasteiger partial charge in [-0.05, 0) is 30.5 Å². The second kappa shape index (κ2) is 7.50. The van der Waals surface area contributed by atoms with Gasteiger partial charge in [-0.25, -0.2) is 4.39 Å². The first-order valence-corrected chi connectivity index (χ1v) is 9.52. The number of nitrogens with zero attached hydrogens (tertiary/aromatic N) is 3. The summed E-state index contributed by atoms with van der Waals surface area (Å²) in [6.07, 6.45) is 5.50. The molecule has 1 saturated carbocycles. The Hall–Kier alpha value is -2.70. The van der Waals surface area contributed by atoms with Crippen LogP contribution < -0.4 is 5.32 Å². The van der Waals surface area contributed by atoms with E-state index in [1.54, 1.807) is 27.8 Å². The molecule has 1 aromatic carbocycles. The molecule has 1 aromatic heterocycles. The predicted molar refractivity (Wildman–Crippen MR) is 97.7 cm³/mol. The molecule has 1 fully saturated rings. The van der Waals surface area contributed by atoms with Crippen molar-refractivity contribution >= 4 is 11.8 Å². The number of hydrogen-bond acceptors (Lipinski definition) is 3. The number of nitrogens with one attached hydrogen (secondary N) is 1. The molecule has 2 amide bonds. The second-order valence-corrected chi connectivity index (χ2v) is 7.30. The fraction of sp³-hybridized carbons (Fsp3) is 0.450. The number of fused-ring (bicyclic) bond motifs is 1. The third kappa shape index (κ3) is 3.86. The van der Waals surface area contributed by atoms with Crippen molar-refractivity contribution in [1.29, 1.82) is 0 Å². The molecule has 0 bridgehead atoms. The second-order valence-electron chi connectivity index (χ2n) is 7.30. The summed E-state index contributed by atoms with van der Waals surface area (Å²) < 4.78 is 15.0. The highest BCUT2D eigenvalue weighted by Gasteiger charge is 2.28. The van der Waals surface area contributed by atoms with Gasteiger partial charge in [0.2, 0.25) is 0 Å². The van der Waals surface area contributed by atoms with E-state index in [0.717, 1.165) is 31.2 Å². The predicted octanol–water partition coefficient (Wildman–Crippen LogP) is 2.74. The molecule has 2 aromatic rings. The molecular weight excluding hydrogens is 347 g/mol. The highest BCUT2D eigenvalue weighted by atomic mass is 19.1. The van der Waals surface area contributed by atoms with Gasteiger partial charge in [-0.1, -0.05) is 31.4 Å². The van der Waals surface area contributed by atoms with Crippen LogP contribution in [0.2, 0.25) is 0 Å². The minimum Gasteiger partial charge on any atom is -0.348 e. The van der Waals surface area contributed by atoms with E-state index in [0.29, 0.717) is 25.3 Å². The monoisotopic (exact) mass is 370 g/mol. The number of halogens is 1. The Kier molecular flexibility index (Phi) is 4.92. The van der Waals surface area contributed by atoms with E-state index < -0.39 is 0 Å². The number of carbonyl (C=O) groups excluding carboxylic acids is 2. The Labute approximate surface area is 157 Å². The maximum atomic E-state index is 13.4. The summed E-state index contributed by atoms with van der Waals surface area (Å²) in [6.45, 7) is 1.34. The van der Waals surface area contributed by atoms with Crippen molar-refractivity contribution in [1.82, 2.24) is 20.0 Å². The summed E-state index contributed by atoms with van der Waals surface area (Å²) in [4.78, 5) is 26.9. The summed E-state index contributed by atoms with van der Waals surface area (Å²) in [6, 6.07) is 8.02. The first kappa shape index (κ1) is 17.7. The van der Waals surface area contributed by atoms with E-state index >= 15 is 0 Å². The van der Waals surface area contributed by atoms with Gasteiger partial charge in [0.05, 0.1) is 6.54 Å². The summed E-state index contributed by atoms with van der Waals surface area (Å²) in [5.41, 5.74) is 1.44. The van der Waals surface area contributed by atoms with Crippen LogP contribution in [0.4, 0.5) is 4.39 Å². The molecule has 0 saturated heterocycles. The first-order chi connectivity index (χ1) is 13.1. The van der Waals surface area contributed by atoms with Gasteiger partial charge in [0.25, 0.3) is 11.8 Å². The smallest absolute Gasteiger partial charge is 0.272 e. The van der Waals surface area contributed by atoms with Crippen molar-refractivity contribution < 1.29 is 14.0 Å². The number of amides is 2. The van der Waals surface area contributed by atoms with Crippen molar-refractivity contribution in [2.24, 2.45) is 0 Å². The van der Waals surface area contributed by atoms with E-state index in [1.165, 1.54) is 18.6 Å². The van der Waals surface area contributed by atoms with Gasteiger partial charge in [-0.2, -0.15) is 5.10 Å². The highest BCUT2D eigenvalue weighted by molar-refractivity contribution is 5.98. The molecule has 0 radical (unpaired) electrons. The van der Waals surface area contributed by atoms with Gasteiger partial charge in [0, 0.05) is 25.2 Å². The van der Waals surface area contributed by atoms with Crippen LogP contribution in [0.25, 0.3) is 0 Å². The van der Waals surface area contributed by atoms with Gasteiger partial charge in [-0.15, -0.1) is 0 Å². The van der Waals surface area contributed by atoms with Crippen LogP contribution in [0.5, 0.6) is 0 Å². The average Bonchev–Trinajstić information content (AvgIpc) is 3.10. The number of hydrogen-bond donors (Lipinski definition) is 1. The molecule has 1 aliphatic carbocycles. The summed E-state index contributed by atoms with van der Waals surface area (Å²) in [7, 11) is 0. The van der Waals surface area contributed by atoms with Crippen LogP contribution >= 0.6 is 0 Å².